The van der Waals surface area contributed by atoms with Gasteiger partial charge in [0.05, 0.1) is 11.0 Å². The van der Waals surface area contributed by atoms with Crippen molar-refractivity contribution >= 4 is 5.69 Å². The van der Waals surface area contributed by atoms with Crippen molar-refractivity contribution in [3.8, 4) is 0 Å². The Balaban J connectivity index is 1.66. The number of nitrogens with zero attached hydrogens (tertiary/aromatic N) is 1. The molecule has 124 valence electrons. The highest BCUT2D eigenvalue weighted by atomic mass is 16.6. The number of nitro benzene ring substituents is 1. The molecule has 0 aromatic heterocycles. The highest BCUT2D eigenvalue weighted by molar-refractivity contribution is 5.43. The molecule has 0 amide bonds. The second-order valence-electron chi connectivity index (χ2n) is 7.90. The molecule has 4 nitrogen and oxygen atoms in total. The zero-order valence-electron chi connectivity index (χ0n) is 14.0. The van der Waals surface area contributed by atoms with E-state index in [4.69, 9.17) is 4.74 Å². The fourth-order valence-electron chi connectivity index (χ4n) is 6.02. The number of hydrogen-bond acceptors (Lipinski definition) is 3. The lowest BCUT2D eigenvalue weighted by Gasteiger charge is -2.50. The number of rotatable bonds is 2. The number of non-ortho nitro benzene ring substituents is 1. The Morgan fingerprint density at radius 2 is 2.09 bits per heavy atom. The van der Waals surface area contributed by atoms with E-state index in [0.29, 0.717) is 17.4 Å². The molecular weight excluding hydrogens is 290 g/mol. The van der Waals surface area contributed by atoms with Gasteiger partial charge in [-0.1, -0.05) is 13.0 Å². The molecule has 0 N–H and O–H groups in total. The zero-order chi connectivity index (χ0) is 16.2. The third kappa shape index (κ3) is 2.14. The molecule has 1 aromatic carbocycles. The fourth-order valence-corrected chi connectivity index (χ4v) is 6.02. The van der Waals surface area contributed by atoms with E-state index in [-0.39, 0.29) is 10.6 Å². The van der Waals surface area contributed by atoms with Gasteiger partial charge in [0.2, 0.25) is 0 Å². The molecule has 4 rings (SSSR count). The van der Waals surface area contributed by atoms with Gasteiger partial charge in [-0.2, -0.15) is 0 Å². The van der Waals surface area contributed by atoms with Gasteiger partial charge in [-0.25, -0.2) is 0 Å². The van der Waals surface area contributed by atoms with E-state index in [1.807, 2.05) is 19.2 Å². The summed E-state index contributed by atoms with van der Waals surface area (Å²) < 4.78 is 5.80. The van der Waals surface area contributed by atoms with Crippen molar-refractivity contribution in [2.45, 2.75) is 57.5 Å². The lowest BCUT2D eigenvalue weighted by molar-refractivity contribution is -0.384. The first kappa shape index (κ1) is 15.1. The molecule has 0 heterocycles. The Hall–Kier alpha value is -1.42. The Labute approximate surface area is 137 Å². The number of aryl methyl sites for hydroxylation is 1. The third-order valence-corrected chi connectivity index (χ3v) is 7.12. The summed E-state index contributed by atoms with van der Waals surface area (Å²) >= 11 is 0. The highest BCUT2D eigenvalue weighted by Gasteiger charge is 2.55. The minimum Gasteiger partial charge on any atom is -0.381 e. The number of benzene rings is 1. The molecule has 0 bridgehead atoms. The number of ether oxygens (including phenoxy) is 1. The summed E-state index contributed by atoms with van der Waals surface area (Å²) in [5, 5.41) is 11.0. The highest BCUT2D eigenvalue weighted by Crippen LogP contribution is 2.61. The normalized spacial score (nSPS) is 38.5. The van der Waals surface area contributed by atoms with E-state index in [1.165, 1.54) is 43.2 Å². The number of hydrogen-bond donors (Lipinski definition) is 0. The molecule has 3 unspecified atom stereocenters. The van der Waals surface area contributed by atoms with Crippen LogP contribution in [0.5, 0.6) is 0 Å². The van der Waals surface area contributed by atoms with Crippen LogP contribution in [0.15, 0.2) is 18.2 Å². The maximum Gasteiger partial charge on any atom is 0.269 e. The molecular formula is C19H25NO3. The van der Waals surface area contributed by atoms with Crippen molar-refractivity contribution in [1.29, 1.82) is 0 Å². The predicted octanol–water partition coefficient (Wildman–Crippen LogP) is 4.47. The summed E-state index contributed by atoms with van der Waals surface area (Å²) in [5.41, 5.74) is 3.16. The SMILES string of the molecule is CO[C@H]1CCC2C3CCc4cc([N+](=O)[O-])ccc4C3CC[C@@]21C. The van der Waals surface area contributed by atoms with Crippen LogP contribution in [-0.2, 0) is 11.2 Å². The first-order valence-electron chi connectivity index (χ1n) is 8.84. The first-order chi connectivity index (χ1) is 11.0. The minimum absolute atomic E-state index is 0.239. The Bertz CT molecular complexity index is 644. The first-order valence-corrected chi connectivity index (χ1v) is 8.84. The molecule has 0 aliphatic heterocycles. The van der Waals surface area contributed by atoms with Crippen LogP contribution < -0.4 is 0 Å². The van der Waals surface area contributed by atoms with E-state index in [9.17, 15) is 10.1 Å². The van der Waals surface area contributed by atoms with Gasteiger partial charge >= 0.3 is 0 Å². The average molecular weight is 315 g/mol. The van der Waals surface area contributed by atoms with Crippen LogP contribution in [0.1, 0.15) is 56.1 Å². The van der Waals surface area contributed by atoms with E-state index in [0.717, 1.165) is 18.3 Å². The summed E-state index contributed by atoms with van der Waals surface area (Å²) in [6, 6.07) is 5.54. The quantitative estimate of drug-likeness (QED) is 0.598. The van der Waals surface area contributed by atoms with E-state index >= 15 is 0 Å². The van der Waals surface area contributed by atoms with Crippen molar-refractivity contribution in [3.63, 3.8) is 0 Å². The van der Waals surface area contributed by atoms with Crippen LogP contribution in [0.3, 0.4) is 0 Å². The van der Waals surface area contributed by atoms with Crippen LogP contribution in [0.25, 0.3) is 0 Å². The largest absolute Gasteiger partial charge is 0.381 e. The molecule has 3 aliphatic rings. The number of nitro groups is 1. The molecule has 0 radical (unpaired) electrons. The van der Waals surface area contributed by atoms with Crippen molar-refractivity contribution < 1.29 is 9.66 Å². The summed E-state index contributed by atoms with van der Waals surface area (Å²) in [6.45, 7) is 2.43. The molecule has 2 fully saturated rings. The molecule has 5 atom stereocenters. The topological polar surface area (TPSA) is 52.4 Å². The standard InChI is InChI=1S/C19H25NO3/c1-19-10-9-15-14-6-4-13(20(21)22)11-12(14)3-5-16(15)17(19)7-8-18(19)23-2/h4,6,11,15-18H,3,5,7-10H2,1-2H3/t15?,16?,17?,18-,19-/m0/s1. The summed E-state index contributed by atoms with van der Waals surface area (Å²) in [7, 11) is 1.86. The van der Waals surface area contributed by atoms with Crippen LogP contribution in [0, 0.1) is 27.4 Å². The third-order valence-electron chi connectivity index (χ3n) is 7.12. The van der Waals surface area contributed by atoms with E-state index in [2.05, 4.69) is 6.92 Å². The van der Waals surface area contributed by atoms with Gasteiger partial charge < -0.3 is 4.74 Å². The minimum atomic E-state index is -0.273. The Morgan fingerprint density at radius 1 is 1.26 bits per heavy atom. The van der Waals surface area contributed by atoms with E-state index in [1.54, 1.807) is 6.07 Å². The lowest BCUT2D eigenvalue weighted by Crippen LogP contribution is -2.44. The molecule has 0 spiro atoms. The van der Waals surface area contributed by atoms with Gasteiger partial charge in [0, 0.05) is 19.2 Å². The van der Waals surface area contributed by atoms with E-state index < -0.39 is 0 Å². The lowest BCUT2D eigenvalue weighted by atomic mass is 9.55. The monoisotopic (exact) mass is 315 g/mol. The second kappa shape index (κ2) is 5.30. The molecule has 23 heavy (non-hydrogen) atoms. The second-order valence-corrected chi connectivity index (χ2v) is 7.90. The molecule has 4 heteroatoms. The van der Waals surface area contributed by atoms with Crippen molar-refractivity contribution in [2.24, 2.45) is 17.3 Å². The molecule has 3 aliphatic carbocycles. The number of methoxy groups -OCH3 is 1. The smallest absolute Gasteiger partial charge is 0.269 e. The maximum absolute atomic E-state index is 11.0. The zero-order valence-corrected chi connectivity index (χ0v) is 14.0. The maximum atomic E-state index is 11.0. The van der Waals surface area contributed by atoms with Gasteiger partial charge in [0.15, 0.2) is 0 Å². The van der Waals surface area contributed by atoms with Gasteiger partial charge in [-0.05, 0) is 72.8 Å². The van der Waals surface area contributed by atoms with Crippen LogP contribution >= 0.6 is 0 Å². The fraction of sp³-hybridized carbons (Fsp3) is 0.684. The summed E-state index contributed by atoms with van der Waals surface area (Å²) in [5.74, 6) is 2.06. The summed E-state index contributed by atoms with van der Waals surface area (Å²) in [6.07, 6.45) is 7.45. The molecule has 2 saturated carbocycles. The van der Waals surface area contributed by atoms with Crippen molar-refractivity contribution in [1.82, 2.24) is 0 Å². The van der Waals surface area contributed by atoms with Crippen LogP contribution in [0.4, 0.5) is 5.69 Å². The van der Waals surface area contributed by atoms with Gasteiger partial charge in [0.1, 0.15) is 0 Å². The van der Waals surface area contributed by atoms with Gasteiger partial charge in [0.25, 0.3) is 5.69 Å². The van der Waals surface area contributed by atoms with Gasteiger partial charge in [-0.3, -0.25) is 10.1 Å². The summed E-state index contributed by atoms with van der Waals surface area (Å²) in [4.78, 5) is 10.7. The Kier molecular flexibility index (Phi) is 3.49. The van der Waals surface area contributed by atoms with Crippen molar-refractivity contribution in [2.75, 3.05) is 7.11 Å². The number of fused-ring (bicyclic) bond motifs is 5. The van der Waals surface area contributed by atoms with Crippen LogP contribution in [-0.4, -0.2) is 18.1 Å². The molecule has 0 saturated heterocycles. The average Bonchev–Trinajstić information content (AvgIpc) is 2.90. The predicted molar refractivity (Wildman–Crippen MR) is 88.5 cm³/mol. The van der Waals surface area contributed by atoms with Gasteiger partial charge in [-0.15, -0.1) is 0 Å². The Morgan fingerprint density at radius 3 is 2.83 bits per heavy atom. The molecule has 1 aromatic rings. The van der Waals surface area contributed by atoms with Crippen LogP contribution in [0.2, 0.25) is 0 Å². The van der Waals surface area contributed by atoms with Crippen molar-refractivity contribution in [3.05, 3.63) is 39.4 Å².